The summed E-state index contributed by atoms with van der Waals surface area (Å²) in [6, 6.07) is 8.18. The van der Waals surface area contributed by atoms with Gasteiger partial charge in [0.25, 0.3) is 5.91 Å². The van der Waals surface area contributed by atoms with Crippen LogP contribution in [0, 0.1) is 11.8 Å². The number of likely N-dealkylation sites (tertiary alicyclic amines) is 1. The van der Waals surface area contributed by atoms with Crippen molar-refractivity contribution in [2.45, 2.75) is 12.6 Å². The van der Waals surface area contributed by atoms with Gasteiger partial charge in [-0.3, -0.25) is 14.7 Å². The smallest absolute Gasteiger partial charge is 0.271 e. The van der Waals surface area contributed by atoms with Crippen LogP contribution in [0.2, 0.25) is 0 Å². The first kappa shape index (κ1) is 17.9. The molecule has 1 N–H and O–H groups in total. The second kappa shape index (κ2) is 8.02. The summed E-state index contributed by atoms with van der Waals surface area (Å²) >= 11 is 0. The van der Waals surface area contributed by atoms with Crippen LogP contribution >= 0.6 is 0 Å². The molecule has 2 saturated heterocycles. The molecule has 2 fully saturated rings. The first-order valence-electron chi connectivity index (χ1n) is 9.24. The molecule has 2 aliphatic rings. The summed E-state index contributed by atoms with van der Waals surface area (Å²) in [5, 5.41) is 2.98. The van der Waals surface area contributed by atoms with Crippen molar-refractivity contribution in [3.8, 4) is 5.75 Å². The van der Waals surface area contributed by atoms with Gasteiger partial charge in [0.2, 0.25) is 0 Å². The molecule has 1 aromatic carbocycles. The largest absolute Gasteiger partial charge is 0.497 e. The van der Waals surface area contributed by atoms with Crippen molar-refractivity contribution in [1.82, 2.24) is 20.2 Å². The number of nitrogens with zero attached hydrogens (tertiary/aromatic N) is 3. The van der Waals surface area contributed by atoms with Crippen molar-refractivity contribution in [3.63, 3.8) is 0 Å². The predicted molar refractivity (Wildman–Crippen MR) is 99.4 cm³/mol. The SMILES string of the molecule is COc1cccc(CN2C[C@H]3[C@@H](CNC(=O)c4cnccn4)CO[C@H]3C2)c1. The summed E-state index contributed by atoms with van der Waals surface area (Å²) in [6.07, 6.45) is 4.81. The number of hydrogen-bond acceptors (Lipinski definition) is 6. The third kappa shape index (κ3) is 4.09. The molecule has 0 radical (unpaired) electrons. The molecule has 0 unspecified atom stereocenters. The lowest BCUT2D eigenvalue weighted by atomic mass is 9.93. The average molecular weight is 368 g/mol. The lowest BCUT2D eigenvalue weighted by Crippen LogP contribution is -2.34. The topological polar surface area (TPSA) is 76.6 Å². The number of nitrogens with one attached hydrogen (secondary N) is 1. The molecule has 1 aromatic heterocycles. The van der Waals surface area contributed by atoms with Crippen molar-refractivity contribution in [3.05, 3.63) is 54.1 Å². The molecule has 0 aliphatic carbocycles. The molecule has 0 saturated carbocycles. The van der Waals surface area contributed by atoms with Crippen LogP contribution in [0.1, 0.15) is 16.1 Å². The fraction of sp³-hybridized carbons (Fsp3) is 0.450. The van der Waals surface area contributed by atoms with Gasteiger partial charge in [0, 0.05) is 50.4 Å². The third-order valence-corrected chi connectivity index (χ3v) is 5.38. The number of methoxy groups -OCH3 is 1. The summed E-state index contributed by atoms with van der Waals surface area (Å²) in [5.74, 6) is 1.47. The molecule has 0 spiro atoms. The highest BCUT2D eigenvalue weighted by Gasteiger charge is 2.43. The van der Waals surface area contributed by atoms with Crippen LogP contribution in [0.5, 0.6) is 5.75 Å². The molecule has 3 atom stereocenters. The molecule has 3 heterocycles. The Bertz CT molecular complexity index is 786. The van der Waals surface area contributed by atoms with E-state index >= 15 is 0 Å². The standard InChI is InChI=1S/C20H24N4O3/c1-26-16-4-2-3-14(7-16)10-24-11-17-15(13-27-19(17)12-24)8-23-20(25)18-9-21-5-6-22-18/h2-7,9,15,17,19H,8,10-13H2,1H3,(H,23,25)/t15-,17-,19-/m0/s1. The maximum Gasteiger partial charge on any atom is 0.271 e. The van der Waals surface area contributed by atoms with Gasteiger partial charge in [0.1, 0.15) is 11.4 Å². The molecule has 0 bridgehead atoms. The van der Waals surface area contributed by atoms with Crippen LogP contribution in [0.3, 0.4) is 0 Å². The normalized spacial score (nSPS) is 24.6. The van der Waals surface area contributed by atoms with Crippen LogP contribution in [-0.4, -0.2) is 60.2 Å². The quantitative estimate of drug-likeness (QED) is 0.830. The van der Waals surface area contributed by atoms with E-state index in [1.807, 2.05) is 12.1 Å². The lowest BCUT2D eigenvalue weighted by Gasteiger charge is -2.20. The second-order valence-electron chi connectivity index (χ2n) is 7.14. The van der Waals surface area contributed by atoms with Gasteiger partial charge in [-0.15, -0.1) is 0 Å². The first-order chi connectivity index (χ1) is 13.2. The van der Waals surface area contributed by atoms with Crippen LogP contribution in [-0.2, 0) is 11.3 Å². The van der Waals surface area contributed by atoms with Gasteiger partial charge in [-0.1, -0.05) is 12.1 Å². The minimum atomic E-state index is -0.183. The highest BCUT2D eigenvalue weighted by molar-refractivity contribution is 5.91. The Morgan fingerprint density at radius 1 is 1.37 bits per heavy atom. The molecule has 7 heteroatoms. The maximum absolute atomic E-state index is 12.2. The highest BCUT2D eigenvalue weighted by atomic mass is 16.5. The Kier molecular flexibility index (Phi) is 5.31. The summed E-state index contributed by atoms with van der Waals surface area (Å²) in [5.41, 5.74) is 1.58. The van der Waals surface area contributed by atoms with Crippen LogP contribution in [0.25, 0.3) is 0 Å². The zero-order valence-corrected chi connectivity index (χ0v) is 15.4. The number of ether oxygens (including phenoxy) is 2. The number of fused-ring (bicyclic) bond motifs is 1. The predicted octanol–water partition coefficient (Wildman–Crippen LogP) is 1.36. The van der Waals surface area contributed by atoms with E-state index in [1.165, 1.54) is 18.0 Å². The molecule has 27 heavy (non-hydrogen) atoms. The monoisotopic (exact) mass is 368 g/mol. The van der Waals surface area contributed by atoms with Gasteiger partial charge in [0.15, 0.2) is 0 Å². The summed E-state index contributed by atoms with van der Waals surface area (Å²) in [7, 11) is 1.69. The average Bonchev–Trinajstić information content (AvgIpc) is 3.27. The highest BCUT2D eigenvalue weighted by Crippen LogP contribution is 2.34. The maximum atomic E-state index is 12.2. The van der Waals surface area contributed by atoms with E-state index in [0.717, 1.165) is 25.4 Å². The van der Waals surface area contributed by atoms with Gasteiger partial charge < -0.3 is 14.8 Å². The zero-order chi connectivity index (χ0) is 18.6. The fourth-order valence-electron chi connectivity index (χ4n) is 3.98. The molecule has 142 valence electrons. The first-order valence-corrected chi connectivity index (χ1v) is 9.24. The van der Waals surface area contributed by atoms with Gasteiger partial charge in [0.05, 0.1) is 26.0 Å². The van der Waals surface area contributed by atoms with Gasteiger partial charge in [-0.2, -0.15) is 0 Å². The number of benzene rings is 1. The Labute approximate surface area is 158 Å². The number of carbonyl (C=O) groups is 1. The van der Waals surface area contributed by atoms with Gasteiger partial charge >= 0.3 is 0 Å². The molecule has 4 rings (SSSR count). The Balaban J connectivity index is 1.31. The Morgan fingerprint density at radius 2 is 2.30 bits per heavy atom. The Hall–Kier alpha value is -2.51. The third-order valence-electron chi connectivity index (χ3n) is 5.38. The van der Waals surface area contributed by atoms with Crippen LogP contribution in [0.4, 0.5) is 0 Å². The molecular weight excluding hydrogens is 344 g/mol. The molecular formula is C20H24N4O3. The molecule has 2 aromatic rings. The lowest BCUT2D eigenvalue weighted by molar-refractivity contribution is 0.0901. The second-order valence-corrected chi connectivity index (χ2v) is 7.14. The number of carbonyl (C=O) groups excluding carboxylic acids is 1. The van der Waals surface area contributed by atoms with Crippen molar-refractivity contribution in [2.24, 2.45) is 11.8 Å². The number of rotatable bonds is 6. The van der Waals surface area contributed by atoms with E-state index < -0.39 is 0 Å². The van der Waals surface area contributed by atoms with Gasteiger partial charge in [-0.05, 0) is 17.7 Å². The summed E-state index contributed by atoms with van der Waals surface area (Å²) in [4.78, 5) is 22.6. The minimum Gasteiger partial charge on any atom is -0.497 e. The zero-order valence-electron chi connectivity index (χ0n) is 15.4. The number of hydrogen-bond donors (Lipinski definition) is 1. The van der Waals surface area contributed by atoms with Crippen LogP contribution in [0.15, 0.2) is 42.9 Å². The number of aromatic nitrogens is 2. The van der Waals surface area contributed by atoms with E-state index in [2.05, 4.69) is 32.3 Å². The van der Waals surface area contributed by atoms with E-state index in [4.69, 9.17) is 9.47 Å². The fourth-order valence-corrected chi connectivity index (χ4v) is 3.98. The number of amides is 1. The van der Waals surface area contributed by atoms with E-state index in [9.17, 15) is 4.79 Å². The van der Waals surface area contributed by atoms with Gasteiger partial charge in [-0.25, -0.2) is 4.98 Å². The van der Waals surface area contributed by atoms with Crippen molar-refractivity contribution >= 4 is 5.91 Å². The van der Waals surface area contributed by atoms with Crippen molar-refractivity contribution in [2.75, 3.05) is 33.4 Å². The summed E-state index contributed by atoms with van der Waals surface area (Å²) < 4.78 is 11.3. The summed E-state index contributed by atoms with van der Waals surface area (Å²) in [6.45, 7) is 4.09. The van der Waals surface area contributed by atoms with Crippen molar-refractivity contribution < 1.29 is 14.3 Å². The van der Waals surface area contributed by atoms with E-state index in [0.29, 0.717) is 30.7 Å². The minimum absolute atomic E-state index is 0.183. The molecule has 2 aliphatic heterocycles. The van der Waals surface area contributed by atoms with Crippen molar-refractivity contribution in [1.29, 1.82) is 0 Å². The van der Waals surface area contributed by atoms with Crippen LogP contribution < -0.4 is 10.1 Å². The molecule has 7 nitrogen and oxygen atoms in total. The van der Waals surface area contributed by atoms with E-state index in [1.54, 1.807) is 13.3 Å². The Morgan fingerprint density at radius 3 is 3.11 bits per heavy atom. The molecule has 1 amide bonds. The van der Waals surface area contributed by atoms with E-state index in [-0.39, 0.29) is 12.0 Å².